The predicted molar refractivity (Wildman–Crippen MR) is 83.7 cm³/mol. The van der Waals surface area contributed by atoms with Gasteiger partial charge in [-0.05, 0) is 45.4 Å². The standard InChI is InChI=1S/C17H20FN3O3/c1-17(2,3)24-21(11-22)15-6-7-20(16(15)23)10-13-8-12(9-19)4-5-14(13)18/h4-5,8,11,15H,6-7,10H2,1-3H3. The first-order valence-corrected chi connectivity index (χ1v) is 7.65. The Balaban J connectivity index is 2.12. The number of carbonyl (C=O) groups is 2. The number of benzene rings is 1. The Hall–Kier alpha value is -2.46. The number of likely N-dealkylation sites (tertiary alicyclic amines) is 1. The lowest BCUT2D eigenvalue weighted by Crippen LogP contribution is -2.44. The molecule has 0 radical (unpaired) electrons. The number of hydroxylamine groups is 2. The van der Waals surface area contributed by atoms with Gasteiger partial charge in [0.25, 0.3) is 0 Å². The van der Waals surface area contributed by atoms with Crippen LogP contribution in [-0.2, 0) is 21.0 Å². The molecule has 2 amide bonds. The Morgan fingerprint density at radius 3 is 2.79 bits per heavy atom. The third kappa shape index (κ3) is 4.09. The van der Waals surface area contributed by atoms with E-state index in [9.17, 15) is 14.0 Å². The van der Waals surface area contributed by atoms with E-state index < -0.39 is 17.5 Å². The molecule has 1 fully saturated rings. The molecule has 1 aliphatic rings. The molecule has 6 nitrogen and oxygen atoms in total. The molecule has 24 heavy (non-hydrogen) atoms. The maximum absolute atomic E-state index is 13.9. The highest BCUT2D eigenvalue weighted by Crippen LogP contribution is 2.23. The number of hydrogen-bond acceptors (Lipinski definition) is 4. The number of halogens is 1. The topological polar surface area (TPSA) is 73.6 Å². The summed E-state index contributed by atoms with van der Waals surface area (Å²) < 4.78 is 13.9. The van der Waals surface area contributed by atoms with E-state index in [1.807, 2.05) is 6.07 Å². The Bertz CT molecular complexity index is 679. The van der Waals surface area contributed by atoms with E-state index in [-0.39, 0.29) is 18.0 Å². The minimum Gasteiger partial charge on any atom is -0.336 e. The van der Waals surface area contributed by atoms with Crippen molar-refractivity contribution in [3.05, 3.63) is 35.1 Å². The van der Waals surface area contributed by atoms with Crippen LogP contribution in [0.2, 0.25) is 0 Å². The summed E-state index contributed by atoms with van der Waals surface area (Å²) in [4.78, 5) is 30.7. The molecule has 0 spiro atoms. The average Bonchev–Trinajstić information content (AvgIpc) is 2.87. The van der Waals surface area contributed by atoms with Gasteiger partial charge in [0.05, 0.1) is 17.2 Å². The lowest BCUT2D eigenvalue weighted by Gasteiger charge is -2.30. The van der Waals surface area contributed by atoms with Crippen LogP contribution >= 0.6 is 0 Å². The highest BCUT2D eigenvalue weighted by Gasteiger charge is 2.38. The number of amides is 2. The van der Waals surface area contributed by atoms with Crippen LogP contribution in [0.25, 0.3) is 0 Å². The molecule has 0 N–H and O–H groups in total. The largest absolute Gasteiger partial charge is 0.336 e. The van der Waals surface area contributed by atoms with Gasteiger partial charge in [0, 0.05) is 18.7 Å². The van der Waals surface area contributed by atoms with E-state index in [1.165, 1.54) is 23.1 Å². The molecule has 1 atom stereocenters. The molecule has 0 bridgehead atoms. The van der Waals surface area contributed by atoms with E-state index in [0.29, 0.717) is 24.9 Å². The fourth-order valence-electron chi connectivity index (χ4n) is 2.56. The van der Waals surface area contributed by atoms with Crippen molar-refractivity contribution in [3.8, 4) is 6.07 Å². The average molecular weight is 333 g/mol. The molecule has 7 heteroatoms. The van der Waals surface area contributed by atoms with Crippen LogP contribution in [-0.4, -0.2) is 40.5 Å². The highest BCUT2D eigenvalue weighted by molar-refractivity contribution is 5.85. The Labute approximate surface area is 140 Å². The van der Waals surface area contributed by atoms with Crippen LogP contribution in [0.4, 0.5) is 4.39 Å². The quantitative estimate of drug-likeness (QED) is 0.610. The van der Waals surface area contributed by atoms with E-state index in [4.69, 9.17) is 10.1 Å². The fourth-order valence-corrected chi connectivity index (χ4v) is 2.56. The summed E-state index contributed by atoms with van der Waals surface area (Å²) in [6.45, 7) is 5.78. The van der Waals surface area contributed by atoms with Gasteiger partial charge < -0.3 is 4.90 Å². The molecule has 128 valence electrons. The van der Waals surface area contributed by atoms with Gasteiger partial charge in [-0.15, -0.1) is 0 Å². The molecule has 0 aliphatic carbocycles. The SMILES string of the molecule is CC(C)(C)ON(C=O)C1CCN(Cc2cc(C#N)ccc2F)C1=O. The Morgan fingerprint density at radius 2 is 2.21 bits per heavy atom. The molecule has 0 aromatic heterocycles. The molecule has 1 aliphatic heterocycles. The number of hydrogen-bond donors (Lipinski definition) is 0. The third-order valence-electron chi connectivity index (χ3n) is 3.60. The van der Waals surface area contributed by atoms with E-state index in [0.717, 1.165) is 5.06 Å². The smallest absolute Gasteiger partial charge is 0.248 e. The number of rotatable bonds is 5. The molecule has 0 saturated carbocycles. The van der Waals surface area contributed by atoms with Crippen molar-refractivity contribution in [2.24, 2.45) is 0 Å². The zero-order valence-electron chi connectivity index (χ0n) is 14.0. The maximum Gasteiger partial charge on any atom is 0.248 e. The summed E-state index contributed by atoms with van der Waals surface area (Å²) in [5, 5.41) is 9.94. The highest BCUT2D eigenvalue weighted by atomic mass is 19.1. The summed E-state index contributed by atoms with van der Waals surface area (Å²) in [7, 11) is 0. The molecular formula is C17H20FN3O3. The van der Waals surface area contributed by atoms with Gasteiger partial charge in [0.1, 0.15) is 11.9 Å². The van der Waals surface area contributed by atoms with Gasteiger partial charge in [-0.3, -0.25) is 14.4 Å². The normalized spacial score (nSPS) is 17.7. The second kappa shape index (κ2) is 6.97. The van der Waals surface area contributed by atoms with Crippen molar-refractivity contribution in [2.45, 2.75) is 45.4 Å². The van der Waals surface area contributed by atoms with Gasteiger partial charge >= 0.3 is 0 Å². The first-order valence-electron chi connectivity index (χ1n) is 7.65. The first-order chi connectivity index (χ1) is 11.2. The number of carbonyl (C=O) groups excluding carboxylic acids is 2. The van der Waals surface area contributed by atoms with Crippen LogP contribution in [0.15, 0.2) is 18.2 Å². The Morgan fingerprint density at radius 1 is 1.50 bits per heavy atom. The summed E-state index contributed by atoms with van der Waals surface area (Å²) in [6, 6.07) is 5.26. The minimum atomic E-state index is -0.719. The minimum absolute atomic E-state index is 0.0545. The van der Waals surface area contributed by atoms with Gasteiger partial charge in [-0.1, -0.05) is 0 Å². The van der Waals surface area contributed by atoms with Crippen LogP contribution in [0.5, 0.6) is 0 Å². The monoisotopic (exact) mass is 333 g/mol. The van der Waals surface area contributed by atoms with Gasteiger partial charge in [0.15, 0.2) is 0 Å². The summed E-state index contributed by atoms with van der Waals surface area (Å²) >= 11 is 0. The summed E-state index contributed by atoms with van der Waals surface area (Å²) in [6.07, 6.45) is 0.904. The van der Waals surface area contributed by atoms with Crippen LogP contribution in [0, 0.1) is 17.1 Å². The Kier molecular flexibility index (Phi) is 5.20. The second-order valence-corrected chi connectivity index (χ2v) is 6.65. The summed E-state index contributed by atoms with van der Waals surface area (Å²) in [5.74, 6) is -0.767. The predicted octanol–water partition coefficient (Wildman–Crippen LogP) is 1.99. The van der Waals surface area contributed by atoms with Gasteiger partial charge in [-0.2, -0.15) is 5.26 Å². The van der Waals surface area contributed by atoms with E-state index >= 15 is 0 Å². The molecule has 1 heterocycles. The third-order valence-corrected chi connectivity index (χ3v) is 3.60. The summed E-state index contributed by atoms with van der Waals surface area (Å²) in [5.41, 5.74) is -0.000371. The molecule has 1 saturated heterocycles. The van der Waals surface area contributed by atoms with Crippen molar-refractivity contribution >= 4 is 12.3 Å². The fraction of sp³-hybridized carbons (Fsp3) is 0.471. The maximum atomic E-state index is 13.9. The van der Waals surface area contributed by atoms with Crippen molar-refractivity contribution < 1.29 is 18.8 Å². The van der Waals surface area contributed by atoms with Crippen molar-refractivity contribution in [3.63, 3.8) is 0 Å². The zero-order valence-corrected chi connectivity index (χ0v) is 14.0. The molecule has 1 aromatic carbocycles. The molecule has 1 unspecified atom stereocenters. The van der Waals surface area contributed by atoms with E-state index in [1.54, 1.807) is 20.8 Å². The van der Waals surface area contributed by atoms with Crippen LogP contribution < -0.4 is 0 Å². The lowest BCUT2D eigenvalue weighted by atomic mass is 10.1. The number of nitriles is 1. The van der Waals surface area contributed by atoms with Gasteiger partial charge in [0.2, 0.25) is 12.3 Å². The van der Waals surface area contributed by atoms with Crippen LogP contribution in [0.3, 0.4) is 0 Å². The van der Waals surface area contributed by atoms with Gasteiger partial charge in [-0.25, -0.2) is 9.45 Å². The molecular weight excluding hydrogens is 313 g/mol. The van der Waals surface area contributed by atoms with Crippen LogP contribution in [0.1, 0.15) is 38.3 Å². The first kappa shape index (κ1) is 17.9. The molecule has 1 aromatic rings. The van der Waals surface area contributed by atoms with Crippen molar-refractivity contribution in [2.75, 3.05) is 6.54 Å². The van der Waals surface area contributed by atoms with E-state index in [2.05, 4.69) is 0 Å². The second-order valence-electron chi connectivity index (χ2n) is 6.65. The lowest BCUT2D eigenvalue weighted by molar-refractivity contribution is -0.230. The molecule has 2 rings (SSSR count). The number of nitrogens with zero attached hydrogens (tertiary/aromatic N) is 3. The van der Waals surface area contributed by atoms with Crippen molar-refractivity contribution in [1.29, 1.82) is 5.26 Å². The zero-order chi connectivity index (χ0) is 17.9. The van der Waals surface area contributed by atoms with Crippen molar-refractivity contribution in [1.82, 2.24) is 9.96 Å².